The van der Waals surface area contributed by atoms with Gasteiger partial charge in [0.2, 0.25) is 0 Å². The quantitative estimate of drug-likeness (QED) is 0.495. The summed E-state index contributed by atoms with van der Waals surface area (Å²) in [5.41, 5.74) is 2.74. The van der Waals surface area contributed by atoms with Crippen molar-refractivity contribution in [2.75, 3.05) is 0 Å². The summed E-state index contributed by atoms with van der Waals surface area (Å²) in [4.78, 5) is 0. The van der Waals surface area contributed by atoms with Crippen molar-refractivity contribution in [2.45, 2.75) is 59.7 Å². The molecule has 3 aromatic carbocycles. The molecule has 0 radical (unpaired) electrons. The minimum Gasteiger partial charge on any atom is -0.489 e. The number of nitrogens with one attached hydrogen (secondary N) is 1. The highest BCUT2D eigenvalue weighted by Gasteiger charge is 2.25. The minimum atomic E-state index is 0.0475. The van der Waals surface area contributed by atoms with E-state index in [4.69, 9.17) is 4.74 Å². The summed E-state index contributed by atoms with van der Waals surface area (Å²) in [6, 6.07) is 23.2. The Bertz CT molecular complexity index is 907. The third-order valence-corrected chi connectivity index (χ3v) is 4.95. The molecule has 0 aliphatic heterocycles. The molecule has 28 heavy (non-hydrogen) atoms. The summed E-state index contributed by atoms with van der Waals surface area (Å²) >= 11 is 0. The first kappa shape index (κ1) is 20.4. The van der Waals surface area contributed by atoms with Crippen LogP contribution in [0, 0.1) is 5.41 Å². The van der Waals surface area contributed by atoms with Crippen LogP contribution in [0.15, 0.2) is 66.7 Å². The predicted octanol–water partition coefficient (Wildman–Crippen LogP) is 6.72. The van der Waals surface area contributed by atoms with Gasteiger partial charge < -0.3 is 10.1 Å². The molecule has 3 aromatic rings. The summed E-state index contributed by atoms with van der Waals surface area (Å²) < 4.78 is 6.26. The zero-order valence-electron chi connectivity index (χ0n) is 17.9. The normalized spacial score (nSPS) is 12.3. The van der Waals surface area contributed by atoms with Crippen molar-refractivity contribution in [3.63, 3.8) is 0 Å². The second kappa shape index (κ2) is 8.36. The van der Waals surface area contributed by atoms with Crippen LogP contribution < -0.4 is 10.1 Å². The standard InChI is InChI=1S/C26H33NO/c1-25(2,3)19-26(4,5)27-17-23-22-14-10-9-13-21(22)15-16-24(23)28-18-20-11-7-6-8-12-20/h6-16,27H,17-19H2,1-5H3. The molecule has 0 amide bonds. The van der Waals surface area contributed by atoms with E-state index in [0.717, 1.165) is 18.7 Å². The highest BCUT2D eigenvalue weighted by molar-refractivity contribution is 5.87. The van der Waals surface area contributed by atoms with Crippen LogP contribution >= 0.6 is 0 Å². The lowest BCUT2D eigenvalue weighted by Crippen LogP contribution is -2.41. The van der Waals surface area contributed by atoms with Gasteiger partial charge in [0, 0.05) is 17.6 Å². The molecule has 0 fully saturated rings. The molecule has 0 heterocycles. The Hall–Kier alpha value is -2.32. The lowest BCUT2D eigenvalue weighted by Gasteiger charge is -2.34. The molecule has 3 rings (SSSR count). The van der Waals surface area contributed by atoms with Crippen LogP contribution in [0.2, 0.25) is 0 Å². The van der Waals surface area contributed by atoms with Gasteiger partial charge in [0.15, 0.2) is 0 Å². The average molecular weight is 376 g/mol. The van der Waals surface area contributed by atoms with Gasteiger partial charge in [-0.05, 0) is 48.1 Å². The van der Waals surface area contributed by atoms with Gasteiger partial charge in [-0.3, -0.25) is 0 Å². The largest absolute Gasteiger partial charge is 0.489 e. The number of ether oxygens (including phenoxy) is 1. The molecule has 0 atom stereocenters. The Morgan fingerprint density at radius 3 is 2.18 bits per heavy atom. The van der Waals surface area contributed by atoms with E-state index in [0.29, 0.717) is 6.61 Å². The lowest BCUT2D eigenvalue weighted by molar-refractivity contribution is 0.239. The van der Waals surface area contributed by atoms with Gasteiger partial charge in [-0.25, -0.2) is 0 Å². The van der Waals surface area contributed by atoms with Crippen LogP contribution in [0.1, 0.15) is 52.2 Å². The average Bonchev–Trinajstić information content (AvgIpc) is 2.63. The van der Waals surface area contributed by atoms with E-state index in [-0.39, 0.29) is 11.0 Å². The molecule has 0 saturated heterocycles. The summed E-state index contributed by atoms with van der Waals surface area (Å²) in [5.74, 6) is 0.960. The van der Waals surface area contributed by atoms with E-state index < -0.39 is 0 Å². The molecule has 2 nitrogen and oxygen atoms in total. The number of rotatable bonds is 7. The van der Waals surface area contributed by atoms with E-state index in [1.807, 2.05) is 6.07 Å². The molecule has 0 aliphatic carbocycles. The van der Waals surface area contributed by atoms with Crippen molar-refractivity contribution in [3.8, 4) is 5.75 Å². The zero-order chi connectivity index (χ0) is 20.2. The monoisotopic (exact) mass is 375 g/mol. The molecule has 1 N–H and O–H groups in total. The first-order valence-corrected chi connectivity index (χ1v) is 10.2. The second-order valence-electron chi connectivity index (χ2n) is 9.51. The van der Waals surface area contributed by atoms with Crippen molar-refractivity contribution in [1.29, 1.82) is 0 Å². The number of hydrogen-bond acceptors (Lipinski definition) is 2. The maximum absolute atomic E-state index is 6.26. The lowest BCUT2D eigenvalue weighted by atomic mass is 9.81. The topological polar surface area (TPSA) is 21.3 Å². The molecular weight excluding hydrogens is 342 g/mol. The molecule has 0 spiro atoms. The Morgan fingerprint density at radius 1 is 0.786 bits per heavy atom. The molecule has 0 aromatic heterocycles. The molecular formula is C26H33NO. The second-order valence-corrected chi connectivity index (χ2v) is 9.51. The molecule has 148 valence electrons. The summed E-state index contributed by atoms with van der Waals surface area (Å²) in [6.45, 7) is 12.8. The van der Waals surface area contributed by atoms with Crippen LogP contribution in [0.5, 0.6) is 5.75 Å². The van der Waals surface area contributed by atoms with Gasteiger partial charge in [0.25, 0.3) is 0 Å². The van der Waals surface area contributed by atoms with Crippen LogP contribution in [-0.2, 0) is 13.2 Å². The Balaban J connectivity index is 1.85. The smallest absolute Gasteiger partial charge is 0.124 e. The van der Waals surface area contributed by atoms with Crippen molar-refractivity contribution >= 4 is 10.8 Å². The number of hydrogen-bond donors (Lipinski definition) is 1. The van der Waals surface area contributed by atoms with E-state index in [1.54, 1.807) is 0 Å². The number of benzene rings is 3. The van der Waals surface area contributed by atoms with E-state index in [1.165, 1.54) is 21.9 Å². The first-order valence-electron chi connectivity index (χ1n) is 10.2. The summed E-state index contributed by atoms with van der Waals surface area (Å²) in [7, 11) is 0. The highest BCUT2D eigenvalue weighted by Crippen LogP contribution is 2.31. The van der Waals surface area contributed by atoms with Crippen molar-refractivity contribution in [2.24, 2.45) is 5.41 Å². The van der Waals surface area contributed by atoms with Gasteiger partial charge in [0.1, 0.15) is 12.4 Å². The molecule has 2 heteroatoms. The molecule has 0 bridgehead atoms. The van der Waals surface area contributed by atoms with Crippen LogP contribution in [-0.4, -0.2) is 5.54 Å². The fraction of sp³-hybridized carbons (Fsp3) is 0.385. The van der Waals surface area contributed by atoms with Gasteiger partial charge >= 0.3 is 0 Å². The zero-order valence-corrected chi connectivity index (χ0v) is 17.9. The van der Waals surface area contributed by atoms with Gasteiger partial charge in [-0.2, -0.15) is 0 Å². The Labute approximate surface area is 169 Å². The van der Waals surface area contributed by atoms with Crippen molar-refractivity contribution in [3.05, 3.63) is 77.9 Å². The Kier molecular flexibility index (Phi) is 6.10. The van der Waals surface area contributed by atoms with E-state index in [2.05, 4.69) is 101 Å². The van der Waals surface area contributed by atoms with E-state index in [9.17, 15) is 0 Å². The van der Waals surface area contributed by atoms with Gasteiger partial charge in [0.05, 0.1) is 0 Å². The van der Waals surface area contributed by atoms with Gasteiger partial charge in [-0.15, -0.1) is 0 Å². The van der Waals surface area contributed by atoms with Gasteiger partial charge in [-0.1, -0.05) is 81.4 Å². The summed E-state index contributed by atoms with van der Waals surface area (Å²) in [5, 5.41) is 6.29. The summed E-state index contributed by atoms with van der Waals surface area (Å²) in [6.07, 6.45) is 1.10. The third kappa shape index (κ3) is 5.59. The fourth-order valence-corrected chi connectivity index (χ4v) is 4.08. The van der Waals surface area contributed by atoms with Crippen molar-refractivity contribution < 1.29 is 4.74 Å². The minimum absolute atomic E-state index is 0.0475. The molecule has 0 aliphatic rings. The first-order chi connectivity index (χ1) is 13.2. The molecule has 0 unspecified atom stereocenters. The van der Waals surface area contributed by atoms with Crippen LogP contribution in [0.3, 0.4) is 0 Å². The SMILES string of the molecule is CC(C)(C)CC(C)(C)NCc1c(OCc2ccccc2)ccc2ccccc12. The Morgan fingerprint density at radius 2 is 1.46 bits per heavy atom. The third-order valence-electron chi connectivity index (χ3n) is 4.95. The molecule has 0 saturated carbocycles. The van der Waals surface area contributed by atoms with E-state index >= 15 is 0 Å². The van der Waals surface area contributed by atoms with Crippen molar-refractivity contribution in [1.82, 2.24) is 5.32 Å². The predicted molar refractivity (Wildman–Crippen MR) is 120 cm³/mol. The number of fused-ring (bicyclic) bond motifs is 1. The highest BCUT2D eigenvalue weighted by atomic mass is 16.5. The van der Waals surface area contributed by atoms with Crippen LogP contribution in [0.25, 0.3) is 10.8 Å². The maximum atomic E-state index is 6.26. The maximum Gasteiger partial charge on any atom is 0.124 e. The van der Waals surface area contributed by atoms with Crippen LogP contribution in [0.4, 0.5) is 0 Å². The fourth-order valence-electron chi connectivity index (χ4n) is 4.08.